The van der Waals surface area contributed by atoms with Gasteiger partial charge in [-0.2, -0.15) is 0 Å². The van der Waals surface area contributed by atoms with E-state index in [1.165, 1.54) is 32.1 Å². The monoisotopic (exact) mass is 302 g/mol. The van der Waals surface area contributed by atoms with Gasteiger partial charge in [0.2, 0.25) is 5.91 Å². The van der Waals surface area contributed by atoms with E-state index in [1.54, 1.807) is 24.3 Å². The Balaban J connectivity index is 1.94. The lowest BCUT2D eigenvalue weighted by Gasteiger charge is -2.21. The highest BCUT2D eigenvalue weighted by Crippen LogP contribution is 2.24. The van der Waals surface area contributed by atoms with Crippen LogP contribution in [0.3, 0.4) is 0 Å². The van der Waals surface area contributed by atoms with Gasteiger partial charge in [-0.3, -0.25) is 9.78 Å². The fraction of sp³-hybridized carbons (Fsp3) is 0.556. The molecule has 22 heavy (non-hydrogen) atoms. The molecule has 1 heterocycles. The van der Waals surface area contributed by atoms with E-state index < -0.39 is 0 Å². The molecule has 0 aliphatic heterocycles. The van der Waals surface area contributed by atoms with E-state index in [9.17, 15) is 4.79 Å². The number of amides is 1. The van der Waals surface area contributed by atoms with Crippen molar-refractivity contribution >= 4 is 5.91 Å². The van der Waals surface area contributed by atoms with Gasteiger partial charge in [0.05, 0.1) is 18.8 Å². The predicted molar refractivity (Wildman–Crippen MR) is 87.2 cm³/mol. The quantitative estimate of drug-likeness (QED) is 0.726. The highest BCUT2D eigenvalue weighted by Gasteiger charge is 2.14. The summed E-state index contributed by atoms with van der Waals surface area (Å²) in [5, 5.41) is 0. The standard InChI is InChI=1S/C18H26N2O2/c1-22-14-13-20(15-17-9-5-6-12-19-17)18(21)11-10-16-7-3-2-4-8-16/h5-6,9-12,16H,2-4,7-8,13-15H2,1H3/b11-10+. The molecule has 1 amide bonds. The Bertz CT molecular complexity index is 467. The van der Waals surface area contributed by atoms with Crippen molar-refractivity contribution in [3.63, 3.8) is 0 Å². The first-order chi connectivity index (χ1) is 10.8. The van der Waals surface area contributed by atoms with Crippen molar-refractivity contribution in [3.05, 3.63) is 42.2 Å². The van der Waals surface area contributed by atoms with Gasteiger partial charge in [0.1, 0.15) is 0 Å². The van der Waals surface area contributed by atoms with Crippen molar-refractivity contribution in [1.82, 2.24) is 9.88 Å². The number of allylic oxidation sites excluding steroid dienone is 1. The van der Waals surface area contributed by atoms with Gasteiger partial charge in [0, 0.05) is 19.9 Å². The maximum Gasteiger partial charge on any atom is 0.246 e. The Morgan fingerprint density at radius 2 is 2.18 bits per heavy atom. The first kappa shape index (κ1) is 16.7. The SMILES string of the molecule is COCCN(Cc1ccccn1)C(=O)/C=C/C1CCCCC1. The van der Waals surface area contributed by atoms with Crippen molar-refractivity contribution in [1.29, 1.82) is 0 Å². The first-order valence-corrected chi connectivity index (χ1v) is 8.15. The van der Waals surface area contributed by atoms with Gasteiger partial charge in [0.25, 0.3) is 0 Å². The number of pyridine rings is 1. The second-order valence-electron chi connectivity index (χ2n) is 5.83. The average Bonchev–Trinajstić information content (AvgIpc) is 2.58. The Morgan fingerprint density at radius 3 is 2.86 bits per heavy atom. The summed E-state index contributed by atoms with van der Waals surface area (Å²) < 4.78 is 5.12. The number of ether oxygens (including phenoxy) is 1. The lowest BCUT2D eigenvalue weighted by Crippen LogP contribution is -2.32. The molecular formula is C18H26N2O2. The summed E-state index contributed by atoms with van der Waals surface area (Å²) in [5.41, 5.74) is 0.901. The molecule has 2 rings (SSSR count). The summed E-state index contributed by atoms with van der Waals surface area (Å²) in [6.45, 7) is 1.65. The first-order valence-electron chi connectivity index (χ1n) is 8.15. The number of nitrogens with zero attached hydrogens (tertiary/aromatic N) is 2. The van der Waals surface area contributed by atoms with Crippen LogP contribution in [0.25, 0.3) is 0 Å². The van der Waals surface area contributed by atoms with Crippen molar-refractivity contribution < 1.29 is 9.53 Å². The van der Waals surface area contributed by atoms with Crippen LogP contribution < -0.4 is 0 Å². The van der Waals surface area contributed by atoms with Crippen LogP contribution >= 0.6 is 0 Å². The maximum absolute atomic E-state index is 12.5. The van der Waals surface area contributed by atoms with Crippen LogP contribution in [-0.2, 0) is 16.1 Å². The molecule has 0 bridgehead atoms. The van der Waals surface area contributed by atoms with Crippen LogP contribution in [0.15, 0.2) is 36.5 Å². The zero-order valence-corrected chi connectivity index (χ0v) is 13.4. The molecule has 0 aromatic carbocycles. The molecular weight excluding hydrogens is 276 g/mol. The molecule has 0 spiro atoms. The number of methoxy groups -OCH3 is 1. The van der Waals surface area contributed by atoms with Gasteiger partial charge in [-0.25, -0.2) is 0 Å². The summed E-state index contributed by atoms with van der Waals surface area (Å²) in [5.74, 6) is 0.616. The lowest BCUT2D eigenvalue weighted by atomic mass is 9.89. The fourth-order valence-electron chi connectivity index (χ4n) is 2.81. The zero-order valence-electron chi connectivity index (χ0n) is 13.4. The van der Waals surface area contributed by atoms with Gasteiger partial charge >= 0.3 is 0 Å². The molecule has 4 nitrogen and oxygen atoms in total. The van der Waals surface area contributed by atoms with Crippen molar-refractivity contribution in [2.75, 3.05) is 20.3 Å². The number of hydrogen-bond acceptors (Lipinski definition) is 3. The van der Waals surface area contributed by atoms with Gasteiger partial charge < -0.3 is 9.64 Å². The molecule has 0 saturated heterocycles. The van der Waals surface area contributed by atoms with Crippen LogP contribution in [0, 0.1) is 5.92 Å². The zero-order chi connectivity index (χ0) is 15.6. The van der Waals surface area contributed by atoms with E-state index in [2.05, 4.69) is 11.1 Å². The third-order valence-electron chi connectivity index (χ3n) is 4.12. The largest absolute Gasteiger partial charge is 0.383 e. The van der Waals surface area contributed by atoms with Crippen molar-refractivity contribution in [2.45, 2.75) is 38.6 Å². The third kappa shape index (κ3) is 5.60. The van der Waals surface area contributed by atoms with E-state index in [1.807, 2.05) is 18.2 Å². The van der Waals surface area contributed by atoms with Crippen molar-refractivity contribution in [3.8, 4) is 0 Å². The minimum absolute atomic E-state index is 0.0493. The molecule has 1 fully saturated rings. The topological polar surface area (TPSA) is 42.4 Å². The molecule has 0 atom stereocenters. The van der Waals surface area contributed by atoms with Crippen LogP contribution in [-0.4, -0.2) is 36.1 Å². The third-order valence-corrected chi connectivity index (χ3v) is 4.12. The average molecular weight is 302 g/mol. The predicted octanol–water partition coefficient (Wildman–Crippen LogP) is 3.19. The molecule has 120 valence electrons. The number of aromatic nitrogens is 1. The number of carbonyl (C=O) groups excluding carboxylic acids is 1. The van der Waals surface area contributed by atoms with Crippen molar-refractivity contribution in [2.24, 2.45) is 5.92 Å². The van der Waals surface area contributed by atoms with E-state index in [0.717, 1.165) is 5.69 Å². The van der Waals surface area contributed by atoms with Gasteiger partial charge in [-0.1, -0.05) is 31.4 Å². The minimum Gasteiger partial charge on any atom is -0.383 e. The van der Waals surface area contributed by atoms with Gasteiger partial charge in [-0.05, 0) is 37.0 Å². The smallest absolute Gasteiger partial charge is 0.246 e. The number of hydrogen-bond donors (Lipinski definition) is 0. The summed E-state index contributed by atoms with van der Waals surface area (Å²) in [7, 11) is 1.65. The van der Waals surface area contributed by atoms with E-state index in [4.69, 9.17) is 4.74 Å². The van der Waals surface area contributed by atoms with E-state index in [-0.39, 0.29) is 5.91 Å². The molecule has 0 radical (unpaired) electrons. The maximum atomic E-state index is 12.5. The second kappa shape index (κ2) is 9.36. The number of rotatable bonds is 7. The summed E-state index contributed by atoms with van der Waals surface area (Å²) >= 11 is 0. The number of carbonyl (C=O) groups is 1. The molecule has 1 aromatic heterocycles. The Kier molecular flexibility index (Phi) is 7.10. The highest BCUT2D eigenvalue weighted by molar-refractivity contribution is 5.87. The van der Waals surface area contributed by atoms with E-state index >= 15 is 0 Å². The van der Waals surface area contributed by atoms with Gasteiger partial charge in [0.15, 0.2) is 0 Å². The minimum atomic E-state index is 0.0493. The Labute approximate surface area is 133 Å². The van der Waals surface area contributed by atoms with E-state index in [0.29, 0.717) is 25.6 Å². The second-order valence-corrected chi connectivity index (χ2v) is 5.83. The lowest BCUT2D eigenvalue weighted by molar-refractivity contribution is -0.127. The highest BCUT2D eigenvalue weighted by atomic mass is 16.5. The summed E-state index contributed by atoms with van der Waals surface area (Å²) in [6.07, 6.45) is 11.9. The normalized spacial score (nSPS) is 16.0. The summed E-state index contributed by atoms with van der Waals surface area (Å²) in [6, 6.07) is 5.77. The molecule has 1 aliphatic rings. The fourth-order valence-corrected chi connectivity index (χ4v) is 2.81. The van der Waals surface area contributed by atoms with Crippen LogP contribution in [0.5, 0.6) is 0 Å². The van der Waals surface area contributed by atoms with Crippen LogP contribution in [0.4, 0.5) is 0 Å². The molecule has 1 aliphatic carbocycles. The molecule has 1 aromatic rings. The molecule has 0 unspecified atom stereocenters. The molecule has 1 saturated carbocycles. The molecule has 0 N–H and O–H groups in total. The van der Waals surface area contributed by atoms with Crippen LogP contribution in [0.2, 0.25) is 0 Å². The Hall–Kier alpha value is -1.68. The Morgan fingerprint density at radius 1 is 1.36 bits per heavy atom. The van der Waals surface area contributed by atoms with Crippen LogP contribution in [0.1, 0.15) is 37.8 Å². The molecule has 4 heteroatoms. The summed E-state index contributed by atoms with van der Waals surface area (Å²) in [4.78, 5) is 18.5. The van der Waals surface area contributed by atoms with Gasteiger partial charge in [-0.15, -0.1) is 0 Å².